The van der Waals surface area contributed by atoms with Gasteiger partial charge in [-0.1, -0.05) is 29.8 Å². The Kier molecular flexibility index (Phi) is 2.50. The Morgan fingerprint density at radius 1 is 1.33 bits per heavy atom. The van der Waals surface area contributed by atoms with E-state index in [1.807, 2.05) is 45.0 Å². The highest BCUT2D eigenvalue weighted by molar-refractivity contribution is 5.26. The molecule has 0 radical (unpaired) electrons. The van der Waals surface area contributed by atoms with E-state index in [0.717, 1.165) is 11.1 Å². The third kappa shape index (κ3) is 1.84. The van der Waals surface area contributed by atoms with Crippen LogP contribution < -0.4 is 0 Å². The lowest BCUT2D eigenvalue weighted by Crippen LogP contribution is -2.19. The van der Waals surface area contributed by atoms with Crippen molar-refractivity contribution in [2.75, 3.05) is 0 Å². The fourth-order valence-corrected chi connectivity index (χ4v) is 1.07. The van der Waals surface area contributed by atoms with Gasteiger partial charge in [-0.15, -0.1) is 0 Å². The van der Waals surface area contributed by atoms with E-state index in [4.69, 9.17) is 5.26 Å². The first-order valence-corrected chi connectivity index (χ1v) is 3.96. The minimum atomic E-state index is -0.619. The van der Waals surface area contributed by atoms with Crippen molar-refractivity contribution in [3.63, 3.8) is 0 Å². The van der Waals surface area contributed by atoms with Crippen LogP contribution >= 0.6 is 0 Å². The van der Waals surface area contributed by atoms with Crippen LogP contribution in [0.5, 0.6) is 0 Å². The molecule has 0 aromatic heterocycles. The van der Waals surface area contributed by atoms with Gasteiger partial charge in [0.2, 0.25) is 0 Å². The van der Waals surface area contributed by atoms with Crippen LogP contribution in [-0.4, -0.2) is 5.26 Å². The summed E-state index contributed by atoms with van der Waals surface area (Å²) in [6.45, 7) is 5.65. The zero-order valence-corrected chi connectivity index (χ0v) is 7.66. The maximum atomic E-state index is 8.64. The van der Waals surface area contributed by atoms with Crippen LogP contribution in [0.25, 0.3) is 0 Å². The molecule has 0 bridgehead atoms. The molecule has 1 aromatic carbocycles. The summed E-state index contributed by atoms with van der Waals surface area (Å²) in [5, 5.41) is 8.64. The average molecular weight is 166 g/mol. The van der Waals surface area contributed by atoms with Crippen molar-refractivity contribution < 1.29 is 10.1 Å². The van der Waals surface area contributed by atoms with E-state index in [0.29, 0.717) is 0 Å². The Morgan fingerprint density at radius 2 is 2.00 bits per heavy atom. The van der Waals surface area contributed by atoms with Gasteiger partial charge in [0, 0.05) is 0 Å². The maximum absolute atomic E-state index is 8.64. The Labute approximate surface area is 72.7 Å². The predicted molar refractivity (Wildman–Crippen MR) is 47.9 cm³/mol. The largest absolute Gasteiger partial charge is 0.251 e. The highest BCUT2D eigenvalue weighted by Gasteiger charge is 2.20. The molecule has 0 spiro atoms. The smallest absolute Gasteiger partial charge is 0.123 e. The topological polar surface area (TPSA) is 29.5 Å². The van der Waals surface area contributed by atoms with E-state index in [2.05, 4.69) is 4.89 Å². The molecule has 0 saturated heterocycles. The predicted octanol–water partition coefficient (Wildman–Crippen LogP) is 2.72. The molecule has 1 N–H and O–H groups in total. The van der Waals surface area contributed by atoms with E-state index in [9.17, 15) is 0 Å². The molecule has 0 aliphatic rings. The van der Waals surface area contributed by atoms with Crippen LogP contribution in [0.2, 0.25) is 0 Å². The van der Waals surface area contributed by atoms with Gasteiger partial charge in [0.25, 0.3) is 0 Å². The van der Waals surface area contributed by atoms with Gasteiger partial charge >= 0.3 is 0 Å². The summed E-state index contributed by atoms with van der Waals surface area (Å²) in [6, 6.07) is 7.89. The maximum Gasteiger partial charge on any atom is 0.123 e. The van der Waals surface area contributed by atoms with E-state index in [1.165, 1.54) is 0 Å². The number of hydrogen-bond acceptors (Lipinski definition) is 2. The lowest BCUT2D eigenvalue weighted by Gasteiger charge is -2.20. The molecule has 0 unspecified atom stereocenters. The lowest BCUT2D eigenvalue weighted by molar-refractivity contribution is -0.318. The van der Waals surface area contributed by atoms with Crippen LogP contribution in [0.15, 0.2) is 24.3 Å². The standard InChI is InChI=1S/C10H14O2/c1-8-5-4-6-9(7-8)10(2,3)12-11/h4-7,11H,1-3H3. The molecule has 12 heavy (non-hydrogen) atoms. The molecule has 1 aromatic rings. The van der Waals surface area contributed by atoms with Crippen LogP contribution in [0.3, 0.4) is 0 Å². The van der Waals surface area contributed by atoms with Gasteiger partial charge in [-0.3, -0.25) is 5.26 Å². The van der Waals surface area contributed by atoms with Crippen LogP contribution in [0.4, 0.5) is 0 Å². The van der Waals surface area contributed by atoms with Gasteiger partial charge < -0.3 is 0 Å². The minimum Gasteiger partial charge on any atom is -0.251 e. The van der Waals surface area contributed by atoms with Crippen molar-refractivity contribution >= 4 is 0 Å². The zero-order valence-electron chi connectivity index (χ0n) is 7.66. The fourth-order valence-electron chi connectivity index (χ4n) is 1.07. The number of benzene rings is 1. The molecule has 1 rings (SSSR count). The van der Waals surface area contributed by atoms with Crippen molar-refractivity contribution in [3.8, 4) is 0 Å². The van der Waals surface area contributed by atoms with Gasteiger partial charge in [-0.05, 0) is 26.3 Å². The van der Waals surface area contributed by atoms with Crippen LogP contribution in [-0.2, 0) is 10.5 Å². The monoisotopic (exact) mass is 166 g/mol. The van der Waals surface area contributed by atoms with Crippen molar-refractivity contribution in [1.29, 1.82) is 0 Å². The molecule has 0 fully saturated rings. The highest BCUT2D eigenvalue weighted by atomic mass is 17.1. The molecule has 2 nitrogen and oxygen atoms in total. The Bertz CT molecular complexity index is 266. The van der Waals surface area contributed by atoms with E-state index in [-0.39, 0.29) is 0 Å². The summed E-state index contributed by atoms with van der Waals surface area (Å²) in [6.07, 6.45) is 0. The van der Waals surface area contributed by atoms with Gasteiger partial charge in [-0.25, -0.2) is 4.89 Å². The second kappa shape index (κ2) is 3.25. The number of rotatable bonds is 2. The Hall–Kier alpha value is -0.860. The highest BCUT2D eigenvalue weighted by Crippen LogP contribution is 2.23. The first kappa shape index (κ1) is 9.23. The van der Waals surface area contributed by atoms with E-state index < -0.39 is 5.60 Å². The first-order valence-electron chi connectivity index (χ1n) is 3.96. The van der Waals surface area contributed by atoms with Gasteiger partial charge in [0.1, 0.15) is 5.60 Å². The van der Waals surface area contributed by atoms with Crippen LogP contribution in [0, 0.1) is 6.92 Å². The zero-order chi connectivity index (χ0) is 9.19. The van der Waals surface area contributed by atoms with Crippen molar-refractivity contribution in [2.45, 2.75) is 26.4 Å². The lowest BCUT2D eigenvalue weighted by atomic mass is 9.97. The molecular weight excluding hydrogens is 152 g/mol. The second-order valence-electron chi connectivity index (χ2n) is 3.47. The molecule has 0 amide bonds. The molecule has 0 atom stereocenters. The Balaban J connectivity index is 3.03. The summed E-state index contributed by atoms with van der Waals surface area (Å²) in [4.78, 5) is 4.38. The molecular formula is C10H14O2. The third-order valence-electron chi connectivity index (χ3n) is 1.94. The number of aryl methyl sites for hydroxylation is 1. The summed E-state index contributed by atoms with van der Waals surface area (Å²) < 4.78 is 0. The fraction of sp³-hybridized carbons (Fsp3) is 0.400. The normalized spacial score (nSPS) is 11.7. The van der Waals surface area contributed by atoms with E-state index >= 15 is 0 Å². The number of hydrogen-bond donors (Lipinski definition) is 1. The summed E-state index contributed by atoms with van der Waals surface area (Å²) >= 11 is 0. The van der Waals surface area contributed by atoms with E-state index in [1.54, 1.807) is 0 Å². The van der Waals surface area contributed by atoms with Crippen LogP contribution in [0.1, 0.15) is 25.0 Å². The first-order chi connectivity index (χ1) is 5.56. The molecule has 2 heteroatoms. The molecule has 0 aliphatic heterocycles. The van der Waals surface area contributed by atoms with Gasteiger partial charge in [0.15, 0.2) is 0 Å². The Morgan fingerprint density at radius 3 is 2.50 bits per heavy atom. The quantitative estimate of drug-likeness (QED) is 0.540. The van der Waals surface area contributed by atoms with Gasteiger partial charge in [0.05, 0.1) is 0 Å². The van der Waals surface area contributed by atoms with Crippen molar-refractivity contribution in [2.24, 2.45) is 0 Å². The van der Waals surface area contributed by atoms with Gasteiger partial charge in [-0.2, -0.15) is 0 Å². The SMILES string of the molecule is Cc1cccc(C(C)(C)OO)c1. The summed E-state index contributed by atoms with van der Waals surface area (Å²) in [5.41, 5.74) is 1.52. The molecule has 0 heterocycles. The molecule has 0 aliphatic carbocycles. The van der Waals surface area contributed by atoms with Crippen molar-refractivity contribution in [1.82, 2.24) is 0 Å². The summed E-state index contributed by atoms with van der Waals surface area (Å²) in [7, 11) is 0. The second-order valence-corrected chi connectivity index (χ2v) is 3.47. The van der Waals surface area contributed by atoms with Crippen molar-refractivity contribution in [3.05, 3.63) is 35.4 Å². The average Bonchev–Trinajstić information content (AvgIpc) is 2.05. The molecule has 66 valence electrons. The summed E-state index contributed by atoms with van der Waals surface area (Å²) in [5.74, 6) is 0. The molecule has 0 saturated carbocycles. The third-order valence-corrected chi connectivity index (χ3v) is 1.94. The minimum absolute atomic E-state index is 0.619.